The first-order chi connectivity index (χ1) is 16.5. The molecule has 0 aromatic heterocycles. The van der Waals surface area contributed by atoms with Crippen LogP contribution in [0.15, 0.2) is 48.6 Å². The fourth-order valence-corrected chi connectivity index (χ4v) is 5.86. The summed E-state index contributed by atoms with van der Waals surface area (Å²) >= 11 is 6.41. The number of carbonyl (C=O) groups is 3. The molecule has 34 heavy (non-hydrogen) atoms. The van der Waals surface area contributed by atoms with Crippen molar-refractivity contribution in [2.45, 2.75) is 37.0 Å². The smallest absolute Gasteiger partial charge is 0.312 e. The van der Waals surface area contributed by atoms with Gasteiger partial charge in [0, 0.05) is 19.7 Å². The standard InChI is InChI=1S/C25H27ClN2O6/c26-16-8-3-4-9-17(16)27-12-6-11-25-20(22(30)28(13-7-14-29)21(25)23(27)31)19-18(34-25)10-2-1-5-15-33-24(19)32/h2-4,6,8-11,18-21,29H,1,5,7,12-15H2/b10-2-/t18-,19+,20-,21?,25-/m0/s1. The lowest BCUT2D eigenvalue weighted by Crippen LogP contribution is -2.55. The van der Waals surface area contributed by atoms with E-state index in [1.54, 1.807) is 41.3 Å². The topological polar surface area (TPSA) is 96.4 Å². The van der Waals surface area contributed by atoms with Gasteiger partial charge >= 0.3 is 5.97 Å². The zero-order valence-corrected chi connectivity index (χ0v) is 19.4. The van der Waals surface area contributed by atoms with E-state index >= 15 is 0 Å². The summed E-state index contributed by atoms with van der Waals surface area (Å²) in [6.07, 6.45) is 8.39. The molecule has 1 N–H and O–H groups in total. The number of hydrogen-bond acceptors (Lipinski definition) is 6. The summed E-state index contributed by atoms with van der Waals surface area (Å²) in [5.41, 5.74) is -0.786. The lowest BCUT2D eigenvalue weighted by molar-refractivity contribution is -0.154. The Morgan fingerprint density at radius 2 is 1.97 bits per heavy atom. The van der Waals surface area contributed by atoms with Crippen LogP contribution in [0, 0.1) is 11.8 Å². The Hall–Kier alpha value is -2.68. The van der Waals surface area contributed by atoms with Gasteiger partial charge in [-0.3, -0.25) is 14.4 Å². The molecule has 0 aliphatic carbocycles. The van der Waals surface area contributed by atoms with Crippen LogP contribution in [0.5, 0.6) is 0 Å². The van der Waals surface area contributed by atoms with Gasteiger partial charge in [0.15, 0.2) is 0 Å². The number of nitrogens with zero attached hydrogens (tertiary/aromatic N) is 2. The third kappa shape index (κ3) is 3.56. The quantitative estimate of drug-likeness (QED) is 0.517. The van der Waals surface area contributed by atoms with Crippen LogP contribution >= 0.6 is 11.6 Å². The second kappa shape index (κ2) is 9.17. The molecule has 4 heterocycles. The molecule has 2 fully saturated rings. The van der Waals surface area contributed by atoms with E-state index < -0.39 is 35.6 Å². The second-order valence-electron chi connectivity index (χ2n) is 8.99. The molecule has 1 spiro atoms. The van der Waals surface area contributed by atoms with Crippen molar-refractivity contribution in [3.63, 3.8) is 0 Å². The highest BCUT2D eigenvalue weighted by Gasteiger charge is 2.71. The number of allylic oxidation sites excluding steroid dienone is 1. The Labute approximate surface area is 202 Å². The molecule has 2 saturated heterocycles. The van der Waals surface area contributed by atoms with Crippen molar-refractivity contribution in [2.75, 3.05) is 31.2 Å². The normalized spacial score (nSPS) is 33.9. The van der Waals surface area contributed by atoms with Crippen molar-refractivity contribution >= 4 is 35.1 Å². The Morgan fingerprint density at radius 3 is 2.76 bits per heavy atom. The van der Waals surface area contributed by atoms with Crippen LogP contribution in [0.3, 0.4) is 0 Å². The van der Waals surface area contributed by atoms with Gasteiger partial charge in [0.05, 0.1) is 29.3 Å². The number of para-hydroxylation sites is 1. The van der Waals surface area contributed by atoms with Crippen molar-refractivity contribution in [1.29, 1.82) is 0 Å². The van der Waals surface area contributed by atoms with E-state index in [4.69, 9.17) is 21.1 Å². The van der Waals surface area contributed by atoms with Crippen LogP contribution in [0.4, 0.5) is 5.69 Å². The van der Waals surface area contributed by atoms with Crippen LogP contribution in [0.2, 0.25) is 5.02 Å². The van der Waals surface area contributed by atoms with E-state index in [-0.39, 0.29) is 38.1 Å². The maximum atomic E-state index is 14.1. The lowest BCUT2D eigenvalue weighted by Gasteiger charge is -2.35. The number of hydrogen-bond donors (Lipinski definition) is 1. The number of fused-ring (bicyclic) bond motifs is 2. The lowest BCUT2D eigenvalue weighted by atomic mass is 9.78. The van der Waals surface area contributed by atoms with E-state index in [2.05, 4.69) is 0 Å². The molecule has 0 radical (unpaired) electrons. The van der Waals surface area contributed by atoms with Crippen LogP contribution in [0.1, 0.15) is 19.3 Å². The van der Waals surface area contributed by atoms with Gasteiger partial charge in [-0.15, -0.1) is 0 Å². The third-order valence-corrected chi connectivity index (χ3v) is 7.37. The van der Waals surface area contributed by atoms with Crippen molar-refractivity contribution in [2.24, 2.45) is 11.8 Å². The number of ether oxygens (including phenoxy) is 2. The molecular weight excluding hydrogens is 460 g/mol. The number of likely N-dealkylation sites (tertiary alicyclic amines) is 1. The Balaban J connectivity index is 1.61. The number of carbonyl (C=O) groups excluding carboxylic acids is 3. The molecule has 0 bridgehead atoms. The molecule has 5 atom stereocenters. The maximum absolute atomic E-state index is 14.1. The number of halogens is 1. The summed E-state index contributed by atoms with van der Waals surface area (Å²) in [7, 11) is 0. The van der Waals surface area contributed by atoms with E-state index in [9.17, 15) is 19.5 Å². The average Bonchev–Trinajstić information content (AvgIpc) is 3.23. The van der Waals surface area contributed by atoms with Gasteiger partial charge in [0.25, 0.3) is 5.91 Å². The fraction of sp³-hybridized carbons (Fsp3) is 0.480. The fourth-order valence-electron chi connectivity index (χ4n) is 5.62. The van der Waals surface area contributed by atoms with Crippen LogP contribution in [0.25, 0.3) is 0 Å². The van der Waals surface area contributed by atoms with Crippen LogP contribution < -0.4 is 4.90 Å². The highest BCUT2D eigenvalue weighted by Crippen LogP contribution is 2.53. The van der Waals surface area contributed by atoms with Gasteiger partial charge in [0.1, 0.15) is 17.6 Å². The second-order valence-corrected chi connectivity index (χ2v) is 9.40. The first kappa shape index (κ1) is 23.1. The van der Waals surface area contributed by atoms with Gasteiger partial charge in [-0.05, 0) is 31.4 Å². The molecule has 1 aromatic rings. The van der Waals surface area contributed by atoms with Crippen molar-refractivity contribution in [1.82, 2.24) is 4.90 Å². The SMILES string of the molecule is O=C1OCCC/C=C\[C@@H]2O[C@]34C=CCN(c5ccccc5Cl)C(=O)C3N(CCCO)C(=O)[C@@H]4[C@H]12. The minimum atomic E-state index is -1.32. The van der Waals surface area contributed by atoms with Gasteiger partial charge in [0.2, 0.25) is 5.91 Å². The predicted molar refractivity (Wildman–Crippen MR) is 124 cm³/mol. The largest absolute Gasteiger partial charge is 0.465 e. The van der Waals surface area contributed by atoms with Crippen LogP contribution in [-0.2, 0) is 23.9 Å². The summed E-state index contributed by atoms with van der Waals surface area (Å²) in [5.74, 6) is -2.91. The third-order valence-electron chi connectivity index (χ3n) is 7.05. The van der Waals surface area contributed by atoms with E-state index in [1.807, 2.05) is 12.2 Å². The maximum Gasteiger partial charge on any atom is 0.312 e. The number of aliphatic hydroxyl groups is 1. The molecule has 0 saturated carbocycles. The number of anilines is 1. The van der Waals surface area contributed by atoms with Crippen molar-refractivity contribution < 1.29 is 29.0 Å². The predicted octanol–water partition coefficient (Wildman–Crippen LogP) is 2.10. The zero-order chi connectivity index (χ0) is 23.9. The van der Waals surface area contributed by atoms with E-state index in [1.165, 1.54) is 4.90 Å². The molecule has 5 rings (SSSR count). The van der Waals surface area contributed by atoms with Gasteiger partial charge < -0.3 is 24.4 Å². The van der Waals surface area contributed by atoms with Gasteiger partial charge in [-0.2, -0.15) is 0 Å². The van der Waals surface area contributed by atoms with Crippen molar-refractivity contribution in [3.8, 4) is 0 Å². The number of aliphatic hydroxyl groups excluding tert-OH is 1. The van der Waals surface area contributed by atoms with E-state index in [0.29, 0.717) is 23.6 Å². The Morgan fingerprint density at radius 1 is 1.15 bits per heavy atom. The number of esters is 1. The molecule has 9 heteroatoms. The molecule has 1 unspecified atom stereocenters. The number of benzene rings is 1. The van der Waals surface area contributed by atoms with Gasteiger partial charge in [-0.1, -0.05) is 48.0 Å². The minimum absolute atomic E-state index is 0.135. The molecule has 2 amide bonds. The summed E-state index contributed by atoms with van der Waals surface area (Å²) in [6.45, 7) is 0.547. The Bertz CT molecular complexity index is 1060. The van der Waals surface area contributed by atoms with Crippen LogP contribution in [-0.4, -0.2) is 71.8 Å². The molecule has 1 aromatic carbocycles. The number of cyclic esters (lactones) is 1. The molecule has 180 valence electrons. The molecule has 8 nitrogen and oxygen atoms in total. The highest BCUT2D eigenvalue weighted by atomic mass is 35.5. The van der Waals surface area contributed by atoms with E-state index in [0.717, 1.165) is 6.42 Å². The van der Waals surface area contributed by atoms with Crippen molar-refractivity contribution in [3.05, 3.63) is 53.6 Å². The summed E-state index contributed by atoms with van der Waals surface area (Å²) in [5, 5.41) is 9.86. The first-order valence-corrected chi connectivity index (χ1v) is 12.0. The number of rotatable bonds is 4. The highest BCUT2D eigenvalue weighted by molar-refractivity contribution is 6.34. The minimum Gasteiger partial charge on any atom is -0.465 e. The molecular formula is C25H27ClN2O6. The summed E-state index contributed by atoms with van der Waals surface area (Å²) in [6, 6.07) is 6.04. The first-order valence-electron chi connectivity index (χ1n) is 11.7. The molecule has 4 aliphatic rings. The Kier molecular flexibility index (Phi) is 6.22. The summed E-state index contributed by atoms with van der Waals surface area (Å²) in [4.78, 5) is 44.0. The number of amides is 2. The summed E-state index contributed by atoms with van der Waals surface area (Å²) < 4.78 is 12.0. The van der Waals surface area contributed by atoms with Gasteiger partial charge in [-0.25, -0.2) is 0 Å². The molecule has 4 aliphatic heterocycles. The monoisotopic (exact) mass is 486 g/mol. The zero-order valence-electron chi connectivity index (χ0n) is 18.6. The average molecular weight is 487 g/mol.